The van der Waals surface area contributed by atoms with E-state index in [-0.39, 0.29) is 4.48 Å². The van der Waals surface area contributed by atoms with E-state index in [1.807, 2.05) is 30.3 Å². The fourth-order valence-electron chi connectivity index (χ4n) is 3.49. The molecule has 29 heavy (non-hydrogen) atoms. The first kappa shape index (κ1) is 21.1. The molecule has 0 aliphatic carbocycles. The molecule has 7 heteroatoms. The van der Waals surface area contributed by atoms with E-state index in [1.54, 1.807) is 13.2 Å². The number of ether oxygens (including phenoxy) is 2. The monoisotopic (exact) mass is 416 g/mol. The number of benzene rings is 2. The van der Waals surface area contributed by atoms with Crippen molar-refractivity contribution < 1.29 is 14.3 Å². The largest absolute Gasteiger partial charge is 0.493 e. The van der Waals surface area contributed by atoms with Crippen LogP contribution in [-0.4, -0.2) is 37.1 Å². The SMILES string of the molecule is COc1ccc([N+](C=O)(CCC(C)C)Cc2nc3ccccc3[nH]2)c(Cl)c1OC. The van der Waals surface area contributed by atoms with E-state index in [2.05, 4.69) is 23.8 Å². The number of nitrogens with one attached hydrogen (secondary N) is 1. The van der Waals surface area contributed by atoms with Gasteiger partial charge in [0.05, 0.1) is 31.8 Å². The number of aromatic nitrogens is 2. The molecule has 0 radical (unpaired) electrons. The summed E-state index contributed by atoms with van der Waals surface area (Å²) >= 11 is 6.71. The topological polar surface area (TPSA) is 64.2 Å². The number of carbonyl (C=O) groups is 1. The lowest BCUT2D eigenvalue weighted by Gasteiger charge is -2.32. The van der Waals surface area contributed by atoms with E-state index in [9.17, 15) is 4.79 Å². The van der Waals surface area contributed by atoms with Crippen LogP contribution >= 0.6 is 11.6 Å². The summed E-state index contributed by atoms with van der Waals surface area (Å²) in [7, 11) is 3.10. The van der Waals surface area contributed by atoms with Crippen molar-refractivity contribution in [1.29, 1.82) is 0 Å². The summed E-state index contributed by atoms with van der Waals surface area (Å²) in [5, 5.41) is 0.374. The van der Waals surface area contributed by atoms with E-state index in [1.165, 1.54) is 7.11 Å². The maximum atomic E-state index is 12.6. The van der Waals surface area contributed by atoms with Crippen molar-refractivity contribution in [3.63, 3.8) is 0 Å². The third kappa shape index (κ3) is 4.23. The first-order chi connectivity index (χ1) is 13.9. The van der Waals surface area contributed by atoms with Gasteiger partial charge in [-0.1, -0.05) is 37.6 Å². The average molecular weight is 417 g/mol. The Hall–Kier alpha value is -2.57. The lowest BCUT2D eigenvalue weighted by Crippen LogP contribution is -2.49. The van der Waals surface area contributed by atoms with Gasteiger partial charge in [-0.15, -0.1) is 0 Å². The number of fused-ring (bicyclic) bond motifs is 1. The predicted octanol–water partition coefficient (Wildman–Crippen LogP) is 4.94. The van der Waals surface area contributed by atoms with Crippen LogP contribution in [0.4, 0.5) is 5.69 Å². The number of H-pyrrole nitrogens is 1. The highest BCUT2D eigenvalue weighted by Gasteiger charge is 2.36. The zero-order chi connectivity index (χ0) is 21.0. The van der Waals surface area contributed by atoms with Crippen molar-refractivity contribution in [3.05, 3.63) is 47.2 Å². The summed E-state index contributed by atoms with van der Waals surface area (Å²) in [6.45, 7) is 5.22. The van der Waals surface area contributed by atoms with Crippen LogP contribution in [0.3, 0.4) is 0 Å². The van der Waals surface area contributed by atoms with Gasteiger partial charge in [-0.25, -0.2) is 14.3 Å². The van der Waals surface area contributed by atoms with E-state index in [4.69, 9.17) is 21.1 Å². The van der Waals surface area contributed by atoms with Gasteiger partial charge >= 0.3 is 6.41 Å². The molecule has 1 aromatic heterocycles. The van der Waals surface area contributed by atoms with Gasteiger partial charge in [-0.3, -0.25) is 0 Å². The molecule has 0 saturated carbocycles. The third-order valence-electron chi connectivity index (χ3n) is 5.12. The lowest BCUT2D eigenvalue weighted by atomic mass is 10.1. The highest BCUT2D eigenvalue weighted by Crippen LogP contribution is 2.44. The normalized spacial score (nSPS) is 13.4. The van der Waals surface area contributed by atoms with E-state index in [0.29, 0.717) is 41.2 Å². The molecule has 2 aromatic carbocycles. The molecule has 0 bridgehead atoms. The summed E-state index contributed by atoms with van der Waals surface area (Å²) in [6.07, 6.45) is 1.80. The Bertz CT molecular complexity index is 969. The highest BCUT2D eigenvalue weighted by molar-refractivity contribution is 6.35. The molecule has 0 fully saturated rings. The Morgan fingerprint density at radius 2 is 1.93 bits per heavy atom. The molecule has 0 spiro atoms. The molecule has 6 nitrogen and oxygen atoms in total. The van der Waals surface area contributed by atoms with E-state index in [0.717, 1.165) is 29.7 Å². The second-order valence-electron chi connectivity index (χ2n) is 7.54. The summed E-state index contributed by atoms with van der Waals surface area (Å²) in [5.41, 5.74) is 2.47. The number of nitrogens with zero attached hydrogens (tertiary/aromatic N) is 2. The number of aromatic amines is 1. The number of quaternary nitrogens is 1. The number of methoxy groups -OCH3 is 2. The number of hydrogen-bond donors (Lipinski definition) is 1. The van der Waals surface area contributed by atoms with Crippen molar-refractivity contribution in [2.24, 2.45) is 5.92 Å². The van der Waals surface area contributed by atoms with Crippen LogP contribution in [0.2, 0.25) is 5.02 Å². The number of amides is 1. The molecule has 0 saturated heterocycles. The van der Waals surface area contributed by atoms with Gasteiger partial charge in [-0.2, -0.15) is 0 Å². The van der Waals surface area contributed by atoms with Crippen LogP contribution in [0.25, 0.3) is 11.0 Å². The third-order valence-corrected chi connectivity index (χ3v) is 5.49. The maximum Gasteiger partial charge on any atom is 0.306 e. The van der Waals surface area contributed by atoms with Crippen molar-refractivity contribution in [1.82, 2.24) is 14.5 Å². The molecule has 3 rings (SSSR count). The Morgan fingerprint density at radius 3 is 2.55 bits per heavy atom. The standard InChI is InChI=1S/C22H27ClN3O3/c1-15(2)11-12-26(14-27,13-20-24-16-7-5-6-8-17(16)25-20)18-9-10-19(28-3)22(29-4)21(18)23/h5-10,14-15H,11-13H2,1-4H3,(H,24,25)/q+1. The molecular weight excluding hydrogens is 390 g/mol. The number of hydrogen-bond acceptors (Lipinski definition) is 4. The molecule has 1 unspecified atom stereocenters. The minimum absolute atomic E-state index is 0.0111. The van der Waals surface area contributed by atoms with Crippen LogP contribution in [0.15, 0.2) is 36.4 Å². The Balaban J connectivity index is 2.11. The average Bonchev–Trinajstić information content (AvgIpc) is 3.13. The molecule has 1 amide bonds. The van der Waals surface area contributed by atoms with Crippen LogP contribution in [0.1, 0.15) is 26.1 Å². The Kier molecular flexibility index (Phi) is 6.45. The van der Waals surface area contributed by atoms with Gasteiger partial charge in [0.25, 0.3) is 0 Å². The van der Waals surface area contributed by atoms with Crippen LogP contribution < -0.4 is 14.0 Å². The molecule has 154 valence electrons. The summed E-state index contributed by atoms with van der Waals surface area (Å²) in [4.78, 5) is 20.6. The second-order valence-corrected chi connectivity index (χ2v) is 7.92. The summed E-state index contributed by atoms with van der Waals surface area (Å²) in [6, 6.07) is 11.4. The van der Waals surface area contributed by atoms with E-state index < -0.39 is 0 Å². The lowest BCUT2D eigenvalue weighted by molar-refractivity contribution is -0.118. The first-order valence-electron chi connectivity index (χ1n) is 9.62. The zero-order valence-corrected chi connectivity index (χ0v) is 18.0. The Labute approximate surface area is 176 Å². The van der Waals surface area contributed by atoms with E-state index >= 15 is 0 Å². The van der Waals surface area contributed by atoms with Gasteiger partial charge in [0.15, 0.2) is 23.0 Å². The van der Waals surface area contributed by atoms with Gasteiger partial charge in [0.2, 0.25) is 0 Å². The second kappa shape index (κ2) is 8.84. The first-order valence-corrected chi connectivity index (χ1v) is 9.99. The fourth-order valence-corrected chi connectivity index (χ4v) is 3.89. The Morgan fingerprint density at radius 1 is 1.17 bits per heavy atom. The minimum Gasteiger partial charge on any atom is -0.493 e. The summed E-state index contributed by atoms with van der Waals surface area (Å²) in [5.74, 6) is 2.11. The fraction of sp³-hybridized carbons (Fsp3) is 0.364. The quantitative estimate of drug-likeness (QED) is 0.396. The van der Waals surface area contributed by atoms with Gasteiger partial charge in [0, 0.05) is 6.07 Å². The maximum absolute atomic E-state index is 12.6. The molecular formula is C22H27ClN3O3+. The number of para-hydroxylation sites is 2. The van der Waals surface area contributed by atoms with Gasteiger partial charge in [-0.05, 0) is 30.5 Å². The molecule has 0 aliphatic heterocycles. The smallest absolute Gasteiger partial charge is 0.306 e. The molecule has 1 N–H and O–H groups in total. The predicted molar refractivity (Wildman–Crippen MR) is 117 cm³/mol. The molecule has 1 heterocycles. The van der Waals surface area contributed by atoms with Crippen LogP contribution in [-0.2, 0) is 11.3 Å². The van der Waals surface area contributed by atoms with Gasteiger partial charge < -0.3 is 14.5 Å². The zero-order valence-electron chi connectivity index (χ0n) is 17.2. The number of rotatable bonds is 9. The van der Waals surface area contributed by atoms with Crippen LogP contribution in [0, 0.1) is 5.92 Å². The molecule has 0 aliphatic rings. The van der Waals surface area contributed by atoms with Gasteiger partial charge in [0.1, 0.15) is 11.6 Å². The van der Waals surface area contributed by atoms with Crippen molar-refractivity contribution in [3.8, 4) is 11.5 Å². The van der Waals surface area contributed by atoms with Crippen molar-refractivity contribution in [2.45, 2.75) is 26.8 Å². The molecule has 1 atom stereocenters. The highest BCUT2D eigenvalue weighted by atomic mass is 35.5. The number of carbonyl (C=O) groups excluding carboxylic acids is 1. The van der Waals surface area contributed by atoms with Crippen molar-refractivity contribution in [2.75, 3.05) is 20.8 Å². The minimum atomic E-state index is 0.0111. The van der Waals surface area contributed by atoms with Crippen molar-refractivity contribution >= 4 is 34.7 Å². The number of halogens is 1. The summed E-state index contributed by atoms with van der Waals surface area (Å²) < 4.78 is 10.8. The van der Waals surface area contributed by atoms with Crippen LogP contribution in [0.5, 0.6) is 11.5 Å². The molecule has 3 aromatic rings. The number of imidazole rings is 1.